The number of hydrogen-bond acceptors (Lipinski definition) is 6. The first-order valence-electron chi connectivity index (χ1n) is 10.7. The molecule has 0 aliphatic carbocycles. The van der Waals surface area contributed by atoms with Crippen LogP contribution in [-0.2, 0) is 18.1 Å². The van der Waals surface area contributed by atoms with Crippen LogP contribution in [0.3, 0.4) is 0 Å². The third kappa shape index (κ3) is 7.38. The molecule has 1 rings (SSSR count). The third-order valence-electron chi connectivity index (χ3n) is 5.09. The average Bonchev–Trinajstić information content (AvgIpc) is 2.50. The van der Waals surface area contributed by atoms with Gasteiger partial charge in [0, 0.05) is 43.0 Å². The van der Waals surface area contributed by atoms with Crippen molar-refractivity contribution in [3.8, 4) is 0 Å². The maximum atomic E-state index is 6.44. The monoisotopic (exact) mass is 404 g/mol. The van der Waals surface area contributed by atoms with Crippen molar-refractivity contribution in [2.45, 2.75) is 110 Å². The van der Waals surface area contributed by atoms with E-state index < -0.39 is 8.80 Å². The first-order chi connectivity index (χ1) is 12.5. The highest BCUT2D eigenvalue weighted by Crippen LogP contribution is 2.38. The SMILES string of the molecule is CCO[Si](CCCC(C)ON1C(C)(C)CC(N)CC1(C)C)(OCC)OCC. The van der Waals surface area contributed by atoms with Gasteiger partial charge < -0.3 is 19.0 Å². The first-order valence-corrected chi connectivity index (χ1v) is 12.6. The fraction of sp³-hybridized carbons (Fsp3) is 1.00. The number of piperidine rings is 1. The Morgan fingerprint density at radius 3 is 1.81 bits per heavy atom. The fourth-order valence-corrected chi connectivity index (χ4v) is 7.11. The maximum Gasteiger partial charge on any atom is 0.500 e. The number of hydrogen-bond donors (Lipinski definition) is 1. The zero-order chi connectivity index (χ0) is 20.7. The Balaban J connectivity index is 2.64. The van der Waals surface area contributed by atoms with E-state index in [9.17, 15) is 0 Å². The largest absolute Gasteiger partial charge is 0.500 e. The predicted octanol–water partition coefficient (Wildman–Crippen LogP) is 4.12. The van der Waals surface area contributed by atoms with Gasteiger partial charge in [-0.15, -0.1) is 0 Å². The van der Waals surface area contributed by atoms with Gasteiger partial charge in [0.05, 0.1) is 6.10 Å². The number of rotatable bonds is 12. The molecule has 0 spiro atoms. The van der Waals surface area contributed by atoms with E-state index in [0.717, 1.165) is 31.7 Å². The van der Waals surface area contributed by atoms with Gasteiger partial charge in [0.25, 0.3) is 0 Å². The van der Waals surface area contributed by atoms with Crippen molar-refractivity contribution in [3.63, 3.8) is 0 Å². The van der Waals surface area contributed by atoms with Crippen LogP contribution < -0.4 is 5.73 Å². The van der Waals surface area contributed by atoms with Crippen molar-refractivity contribution in [1.82, 2.24) is 5.06 Å². The van der Waals surface area contributed by atoms with Crippen LogP contribution in [0.1, 0.15) is 81.1 Å². The van der Waals surface area contributed by atoms with Gasteiger partial charge >= 0.3 is 8.80 Å². The Morgan fingerprint density at radius 2 is 1.41 bits per heavy atom. The van der Waals surface area contributed by atoms with Gasteiger partial charge in [-0.05, 0) is 81.1 Å². The Labute approximate surface area is 168 Å². The minimum Gasteiger partial charge on any atom is -0.374 e. The molecule has 6 nitrogen and oxygen atoms in total. The molecule has 162 valence electrons. The maximum absolute atomic E-state index is 6.44. The molecule has 0 aromatic rings. The van der Waals surface area contributed by atoms with Crippen molar-refractivity contribution in [3.05, 3.63) is 0 Å². The average molecular weight is 405 g/mol. The van der Waals surface area contributed by atoms with Crippen LogP contribution in [0.15, 0.2) is 0 Å². The van der Waals surface area contributed by atoms with Crippen molar-refractivity contribution < 1.29 is 18.1 Å². The molecule has 0 bridgehead atoms. The lowest BCUT2D eigenvalue weighted by Crippen LogP contribution is -2.63. The van der Waals surface area contributed by atoms with Gasteiger partial charge in [0.2, 0.25) is 0 Å². The van der Waals surface area contributed by atoms with Gasteiger partial charge in [-0.1, -0.05) is 0 Å². The highest BCUT2D eigenvalue weighted by molar-refractivity contribution is 6.60. The summed E-state index contributed by atoms with van der Waals surface area (Å²) in [5, 5.41) is 2.19. The summed E-state index contributed by atoms with van der Waals surface area (Å²) >= 11 is 0. The van der Waals surface area contributed by atoms with Crippen molar-refractivity contribution >= 4 is 8.80 Å². The van der Waals surface area contributed by atoms with Gasteiger partial charge in [0.1, 0.15) is 0 Å². The van der Waals surface area contributed by atoms with Gasteiger partial charge in [-0.25, -0.2) is 0 Å². The van der Waals surface area contributed by atoms with E-state index in [2.05, 4.69) is 39.7 Å². The Morgan fingerprint density at radius 1 is 0.963 bits per heavy atom. The summed E-state index contributed by atoms with van der Waals surface area (Å²) in [5.41, 5.74) is 6.13. The van der Waals surface area contributed by atoms with Crippen LogP contribution in [-0.4, -0.2) is 56.9 Å². The van der Waals surface area contributed by atoms with E-state index in [1.165, 1.54) is 0 Å². The van der Waals surface area contributed by atoms with E-state index in [1.54, 1.807) is 0 Å². The summed E-state index contributed by atoms with van der Waals surface area (Å²) in [6.07, 6.45) is 3.91. The molecule has 1 aliphatic rings. The second-order valence-corrected chi connectivity index (χ2v) is 11.6. The fourth-order valence-electron chi connectivity index (χ4n) is 4.47. The summed E-state index contributed by atoms with van der Waals surface area (Å²) in [4.78, 5) is 6.44. The van der Waals surface area contributed by atoms with Crippen molar-refractivity contribution in [1.29, 1.82) is 0 Å². The minimum atomic E-state index is -2.57. The molecular weight excluding hydrogens is 360 g/mol. The standard InChI is InChI=1S/C20H44N2O4Si/c1-9-23-27(24-10-2,25-11-3)14-12-13-17(4)26-22-19(5,6)15-18(21)16-20(22,7)8/h17-18H,9-16,21H2,1-8H3. The van der Waals surface area contributed by atoms with Crippen LogP contribution >= 0.6 is 0 Å². The lowest BCUT2D eigenvalue weighted by Gasteiger charge is -2.54. The molecule has 0 aromatic heterocycles. The highest BCUT2D eigenvalue weighted by Gasteiger charge is 2.46. The minimum absolute atomic E-state index is 0.0735. The van der Waals surface area contributed by atoms with E-state index in [4.69, 9.17) is 23.8 Å². The quantitative estimate of drug-likeness (QED) is 0.494. The molecule has 1 unspecified atom stereocenters. The Kier molecular flexibility index (Phi) is 9.88. The number of nitrogens with two attached hydrogens (primary N) is 1. The first kappa shape index (κ1) is 25.0. The van der Waals surface area contributed by atoms with E-state index in [0.29, 0.717) is 19.8 Å². The highest BCUT2D eigenvalue weighted by atomic mass is 28.4. The van der Waals surface area contributed by atoms with Crippen molar-refractivity contribution in [2.75, 3.05) is 19.8 Å². The van der Waals surface area contributed by atoms with Crippen molar-refractivity contribution in [2.24, 2.45) is 5.73 Å². The second kappa shape index (κ2) is 10.7. The number of hydroxylamine groups is 2. The zero-order valence-electron chi connectivity index (χ0n) is 19.0. The molecule has 0 aromatic carbocycles. The molecule has 1 aliphatic heterocycles. The number of nitrogens with zero attached hydrogens (tertiary/aromatic N) is 1. The molecule has 2 N–H and O–H groups in total. The summed E-state index contributed by atoms with van der Waals surface area (Å²) in [7, 11) is -2.57. The zero-order valence-corrected chi connectivity index (χ0v) is 20.0. The van der Waals surface area contributed by atoms with Gasteiger partial charge in [-0.3, -0.25) is 4.84 Å². The molecule has 0 saturated carbocycles. The molecule has 1 heterocycles. The van der Waals surface area contributed by atoms with E-state index in [1.807, 2.05) is 20.8 Å². The molecule has 1 fully saturated rings. The summed E-state index contributed by atoms with van der Waals surface area (Å²) in [6, 6.07) is 1.05. The molecule has 7 heteroatoms. The summed E-state index contributed by atoms with van der Waals surface area (Å²) in [6.45, 7) is 18.9. The van der Waals surface area contributed by atoms with Crippen LogP contribution in [0.4, 0.5) is 0 Å². The van der Waals surface area contributed by atoms with E-state index >= 15 is 0 Å². The van der Waals surface area contributed by atoms with Crippen LogP contribution in [0.2, 0.25) is 6.04 Å². The molecule has 27 heavy (non-hydrogen) atoms. The topological polar surface area (TPSA) is 66.2 Å². The molecule has 0 radical (unpaired) electrons. The third-order valence-corrected chi connectivity index (χ3v) is 8.25. The lowest BCUT2D eigenvalue weighted by molar-refractivity contribution is -0.304. The smallest absolute Gasteiger partial charge is 0.374 e. The van der Waals surface area contributed by atoms with Gasteiger partial charge in [-0.2, -0.15) is 5.06 Å². The summed E-state index contributed by atoms with van der Waals surface area (Å²) < 4.78 is 17.8. The van der Waals surface area contributed by atoms with Gasteiger partial charge in [0.15, 0.2) is 0 Å². The van der Waals surface area contributed by atoms with E-state index in [-0.39, 0.29) is 23.2 Å². The van der Waals surface area contributed by atoms with Crippen LogP contribution in [0, 0.1) is 0 Å². The summed E-state index contributed by atoms with van der Waals surface area (Å²) in [5.74, 6) is 0. The predicted molar refractivity (Wildman–Crippen MR) is 112 cm³/mol. The molecular formula is C20H44N2O4Si. The normalized spacial score (nSPS) is 22.1. The Bertz CT molecular complexity index is 399. The van der Waals surface area contributed by atoms with Crippen LogP contribution in [0.5, 0.6) is 0 Å². The second-order valence-electron chi connectivity index (χ2n) is 8.88. The molecule has 0 amide bonds. The lowest BCUT2D eigenvalue weighted by atomic mass is 9.79. The molecule has 1 atom stereocenters. The molecule has 1 saturated heterocycles. The Hall–Kier alpha value is -0.0231. The van der Waals surface area contributed by atoms with Crippen LogP contribution in [0.25, 0.3) is 0 Å².